The normalized spacial score (nSPS) is 10.9. The number of carbonyl (C=O) groups is 1. The van der Waals surface area contributed by atoms with Crippen molar-refractivity contribution in [2.24, 2.45) is 5.10 Å². The molecule has 2 N–H and O–H groups in total. The van der Waals surface area contributed by atoms with Crippen LogP contribution in [0.3, 0.4) is 0 Å². The summed E-state index contributed by atoms with van der Waals surface area (Å²) in [5.41, 5.74) is 3.08. The van der Waals surface area contributed by atoms with E-state index in [0.717, 1.165) is 12.8 Å². The summed E-state index contributed by atoms with van der Waals surface area (Å²) in [4.78, 5) is 11.6. The molecule has 0 aliphatic carbocycles. The first-order valence-corrected chi connectivity index (χ1v) is 7.84. The first kappa shape index (κ1) is 17.2. The smallest absolute Gasteiger partial charge is 0.240 e. The molecule has 0 unspecified atom stereocenters. The molecule has 1 aromatic carbocycles. The zero-order valence-corrected chi connectivity index (χ0v) is 12.8. The van der Waals surface area contributed by atoms with Crippen molar-refractivity contribution in [3.05, 3.63) is 29.8 Å². The fourth-order valence-electron chi connectivity index (χ4n) is 2.07. The fourth-order valence-corrected chi connectivity index (χ4v) is 2.07. The molecule has 21 heavy (non-hydrogen) atoms. The zero-order chi connectivity index (χ0) is 15.3. The van der Waals surface area contributed by atoms with Gasteiger partial charge in [-0.25, -0.2) is 5.43 Å². The predicted octanol–water partition coefficient (Wildman–Crippen LogP) is 3.98. The number of hydrogen-bond donors (Lipinski definition) is 2. The molecule has 0 heterocycles. The zero-order valence-electron chi connectivity index (χ0n) is 12.8. The van der Waals surface area contributed by atoms with Gasteiger partial charge in [0.1, 0.15) is 5.75 Å². The summed E-state index contributed by atoms with van der Waals surface area (Å²) in [6.45, 7) is 2.21. The first-order valence-electron chi connectivity index (χ1n) is 7.84. The third-order valence-corrected chi connectivity index (χ3v) is 3.34. The molecule has 0 aliphatic rings. The van der Waals surface area contributed by atoms with Gasteiger partial charge in [0, 0.05) is 12.0 Å². The Morgan fingerprint density at radius 2 is 1.81 bits per heavy atom. The van der Waals surface area contributed by atoms with E-state index in [4.69, 9.17) is 0 Å². The van der Waals surface area contributed by atoms with Crippen LogP contribution in [0.25, 0.3) is 0 Å². The quantitative estimate of drug-likeness (QED) is 0.389. The van der Waals surface area contributed by atoms with E-state index >= 15 is 0 Å². The molecule has 1 amide bonds. The maximum absolute atomic E-state index is 11.6. The number of phenols is 1. The summed E-state index contributed by atoms with van der Waals surface area (Å²) in [5.74, 6) is 0.0813. The second-order valence-electron chi connectivity index (χ2n) is 5.22. The van der Waals surface area contributed by atoms with Crippen LogP contribution in [0.4, 0.5) is 0 Å². The molecular formula is C17H26N2O2. The van der Waals surface area contributed by atoms with Crippen molar-refractivity contribution < 1.29 is 9.90 Å². The predicted molar refractivity (Wildman–Crippen MR) is 86.5 cm³/mol. The van der Waals surface area contributed by atoms with Crippen LogP contribution in [-0.2, 0) is 4.79 Å². The maximum atomic E-state index is 11.6. The molecule has 4 heteroatoms. The number of nitrogens with zero attached hydrogens (tertiary/aromatic N) is 1. The third-order valence-electron chi connectivity index (χ3n) is 3.34. The summed E-state index contributed by atoms with van der Waals surface area (Å²) in [6, 6.07) is 6.87. The van der Waals surface area contributed by atoms with Crippen molar-refractivity contribution in [3.63, 3.8) is 0 Å². The van der Waals surface area contributed by atoms with Crippen molar-refractivity contribution in [2.45, 2.75) is 58.3 Å². The van der Waals surface area contributed by atoms with Crippen molar-refractivity contribution in [1.82, 2.24) is 5.43 Å². The van der Waals surface area contributed by atoms with Gasteiger partial charge in [0.25, 0.3) is 0 Å². The molecule has 0 aliphatic heterocycles. The lowest BCUT2D eigenvalue weighted by atomic mass is 10.1. The maximum Gasteiger partial charge on any atom is 0.240 e. The van der Waals surface area contributed by atoms with E-state index in [1.807, 2.05) is 0 Å². The molecule has 0 radical (unpaired) electrons. The third kappa shape index (κ3) is 8.12. The Labute approximate surface area is 127 Å². The van der Waals surface area contributed by atoms with Crippen LogP contribution in [0.5, 0.6) is 5.75 Å². The Balaban J connectivity index is 2.10. The highest BCUT2D eigenvalue weighted by atomic mass is 16.3. The average Bonchev–Trinajstić information content (AvgIpc) is 2.48. The molecule has 0 spiro atoms. The van der Waals surface area contributed by atoms with Gasteiger partial charge in [-0.2, -0.15) is 5.10 Å². The Hall–Kier alpha value is -1.84. The van der Waals surface area contributed by atoms with Crippen LogP contribution < -0.4 is 5.43 Å². The van der Waals surface area contributed by atoms with Gasteiger partial charge in [-0.15, -0.1) is 0 Å². The number of aromatic hydroxyl groups is 1. The van der Waals surface area contributed by atoms with E-state index in [1.165, 1.54) is 38.3 Å². The first-order chi connectivity index (χ1) is 10.2. The highest BCUT2D eigenvalue weighted by molar-refractivity contribution is 5.84. The molecule has 1 aromatic rings. The van der Waals surface area contributed by atoms with Crippen LogP contribution >= 0.6 is 0 Å². The van der Waals surface area contributed by atoms with Crippen molar-refractivity contribution in [1.29, 1.82) is 0 Å². The molecule has 0 aromatic heterocycles. The number of hydrogen-bond acceptors (Lipinski definition) is 3. The van der Waals surface area contributed by atoms with Gasteiger partial charge in [0.05, 0.1) is 6.21 Å². The van der Waals surface area contributed by atoms with E-state index < -0.39 is 0 Å². The topological polar surface area (TPSA) is 61.7 Å². The summed E-state index contributed by atoms with van der Waals surface area (Å²) in [5, 5.41) is 13.4. The van der Waals surface area contributed by atoms with E-state index in [9.17, 15) is 9.90 Å². The van der Waals surface area contributed by atoms with Gasteiger partial charge in [-0.1, -0.05) is 57.6 Å². The molecule has 0 saturated carbocycles. The Morgan fingerprint density at radius 1 is 1.14 bits per heavy atom. The molecule has 0 atom stereocenters. The minimum absolute atomic E-state index is 0.0739. The largest absolute Gasteiger partial charge is 0.507 e. The Bertz CT molecular complexity index is 444. The Morgan fingerprint density at radius 3 is 2.52 bits per heavy atom. The number of benzene rings is 1. The number of unbranched alkanes of at least 4 members (excludes halogenated alkanes) is 6. The highest BCUT2D eigenvalue weighted by Crippen LogP contribution is 2.12. The number of nitrogens with one attached hydrogen (secondary N) is 1. The fraction of sp³-hybridized carbons (Fsp3) is 0.529. The lowest BCUT2D eigenvalue weighted by molar-refractivity contribution is -0.121. The minimum Gasteiger partial charge on any atom is -0.507 e. The second-order valence-corrected chi connectivity index (χ2v) is 5.22. The number of phenolic OH excluding ortho intramolecular Hbond substituents is 1. The lowest BCUT2D eigenvalue weighted by Crippen LogP contribution is -2.16. The lowest BCUT2D eigenvalue weighted by Gasteiger charge is -2.01. The SMILES string of the molecule is CCCCCCCCCC(=O)NN=Cc1ccccc1O. The highest BCUT2D eigenvalue weighted by Gasteiger charge is 2.00. The minimum atomic E-state index is -0.0739. The van der Waals surface area contributed by atoms with Gasteiger partial charge in [-0.3, -0.25) is 4.79 Å². The van der Waals surface area contributed by atoms with Crippen LogP contribution in [0.1, 0.15) is 63.9 Å². The molecule has 0 saturated heterocycles. The van der Waals surface area contributed by atoms with Crippen molar-refractivity contribution >= 4 is 12.1 Å². The number of rotatable bonds is 10. The standard InChI is InChI=1S/C17H26N2O2/c1-2-3-4-5-6-7-8-13-17(21)19-18-14-15-11-9-10-12-16(15)20/h9-12,14,20H,2-8,13H2,1H3,(H,19,21). The molecule has 116 valence electrons. The molecule has 1 rings (SSSR count). The van der Waals surface area contributed by atoms with Gasteiger partial charge in [0.15, 0.2) is 0 Å². The van der Waals surface area contributed by atoms with E-state index in [1.54, 1.807) is 24.3 Å². The summed E-state index contributed by atoms with van der Waals surface area (Å²) in [7, 11) is 0. The number of amides is 1. The van der Waals surface area contributed by atoms with E-state index in [0.29, 0.717) is 12.0 Å². The van der Waals surface area contributed by atoms with Gasteiger partial charge < -0.3 is 5.11 Å². The summed E-state index contributed by atoms with van der Waals surface area (Å²) >= 11 is 0. The Kier molecular flexibility index (Phi) is 8.93. The van der Waals surface area contributed by atoms with Crippen LogP contribution in [0.2, 0.25) is 0 Å². The summed E-state index contributed by atoms with van der Waals surface area (Å²) in [6.07, 6.45) is 10.3. The monoisotopic (exact) mass is 290 g/mol. The molecule has 4 nitrogen and oxygen atoms in total. The van der Waals surface area contributed by atoms with Crippen LogP contribution in [0.15, 0.2) is 29.4 Å². The van der Waals surface area contributed by atoms with Crippen molar-refractivity contribution in [2.75, 3.05) is 0 Å². The van der Waals surface area contributed by atoms with Crippen LogP contribution in [0, 0.1) is 0 Å². The van der Waals surface area contributed by atoms with E-state index in [2.05, 4.69) is 17.5 Å². The summed E-state index contributed by atoms with van der Waals surface area (Å²) < 4.78 is 0. The van der Waals surface area contributed by atoms with Gasteiger partial charge >= 0.3 is 0 Å². The number of para-hydroxylation sites is 1. The molecule has 0 bridgehead atoms. The average molecular weight is 290 g/mol. The van der Waals surface area contributed by atoms with Crippen LogP contribution in [-0.4, -0.2) is 17.2 Å². The molecule has 0 fully saturated rings. The van der Waals surface area contributed by atoms with Gasteiger partial charge in [0.2, 0.25) is 5.91 Å². The van der Waals surface area contributed by atoms with E-state index in [-0.39, 0.29) is 11.7 Å². The van der Waals surface area contributed by atoms with Crippen molar-refractivity contribution in [3.8, 4) is 5.75 Å². The molecular weight excluding hydrogens is 264 g/mol. The second kappa shape index (κ2) is 10.9. The number of hydrazone groups is 1. The number of carbonyl (C=O) groups excluding carboxylic acids is 1. The van der Waals surface area contributed by atoms with Gasteiger partial charge in [-0.05, 0) is 18.6 Å².